The maximum absolute atomic E-state index is 12.3. The fourth-order valence-corrected chi connectivity index (χ4v) is 4.69. The lowest BCUT2D eigenvalue weighted by atomic mass is 10.0. The van der Waals surface area contributed by atoms with Crippen LogP contribution in [0.1, 0.15) is 39.5 Å². The highest BCUT2D eigenvalue weighted by atomic mass is 32.1. The van der Waals surface area contributed by atoms with Crippen molar-refractivity contribution in [3.8, 4) is 11.3 Å². The standard InChI is InChI=1S/C27H23N3O3S/c1-17-8-7-9-18(16-17)30-25(24(29-27(30)34)21-12-5-6-15-28-21)23-14-13-22(33-23)19-10-3-4-11-20(19)26(31)32-2/h3-16,24-25H,1-2H3,(H,29,34)/t24-,25-/m0/s1. The highest BCUT2D eigenvalue weighted by molar-refractivity contribution is 7.80. The molecule has 4 aromatic rings. The Morgan fingerprint density at radius 1 is 1.06 bits per heavy atom. The number of aromatic nitrogens is 1. The predicted octanol–water partition coefficient (Wildman–Crippen LogP) is 5.61. The van der Waals surface area contributed by atoms with Gasteiger partial charge in [-0.2, -0.15) is 0 Å². The van der Waals surface area contributed by atoms with E-state index >= 15 is 0 Å². The molecule has 2 atom stereocenters. The Morgan fingerprint density at radius 2 is 1.88 bits per heavy atom. The Balaban J connectivity index is 1.61. The Labute approximate surface area is 203 Å². The quantitative estimate of drug-likeness (QED) is 0.301. The molecule has 1 aliphatic heterocycles. The van der Waals surface area contributed by atoms with Crippen LogP contribution in [0.15, 0.2) is 89.5 Å². The lowest BCUT2D eigenvalue weighted by Crippen LogP contribution is -2.29. The highest BCUT2D eigenvalue weighted by Crippen LogP contribution is 2.43. The average Bonchev–Trinajstić information content (AvgIpc) is 3.48. The van der Waals surface area contributed by atoms with Crippen LogP contribution in [0.3, 0.4) is 0 Å². The Kier molecular flexibility index (Phi) is 5.86. The molecular weight excluding hydrogens is 446 g/mol. The molecule has 0 spiro atoms. The minimum absolute atomic E-state index is 0.218. The molecule has 1 saturated heterocycles. The molecule has 0 aliphatic carbocycles. The smallest absolute Gasteiger partial charge is 0.338 e. The second kappa shape index (κ2) is 9.11. The summed E-state index contributed by atoms with van der Waals surface area (Å²) in [6.07, 6.45) is 1.77. The number of esters is 1. The van der Waals surface area contributed by atoms with Crippen LogP contribution >= 0.6 is 12.2 Å². The monoisotopic (exact) mass is 469 g/mol. The van der Waals surface area contributed by atoms with Crippen LogP contribution in [0.25, 0.3) is 11.3 Å². The summed E-state index contributed by atoms with van der Waals surface area (Å²) in [4.78, 5) is 19.0. The Hall–Kier alpha value is -3.97. The molecule has 1 fully saturated rings. The van der Waals surface area contributed by atoms with Gasteiger partial charge in [-0.05, 0) is 67.2 Å². The van der Waals surface area contributed by atoms with E-state index in [1.807, 2.05) is 54.6 Å². The van der Waals surface area contributed by atoms with Crippen LogP contribution in [-0.2, 0) is 4.74 Å². The van der Waals surface area contributed by atoms with E-state index in [9.17, 15) is 4.79 Å². The van der Waals surface area contributed by atoms with Crippen molar-refractivity contribution in [2.45, 2.75) is 19.0 Å². The number of thiocarbonyl (C=S) groups is 1. The molecule has 1 aliphatic rings. The molecular formula is C27H23N3O3S. The number of pyridine rings is 1. The number of benzene rings is 2. The molecule has 2 aromatic carbocycles. The summed E-state index contributed by atoms with van der Waals surface area (Å²) in [6, 6.07) is 24.6. The van der Waals surface area contributed by atoms with E-state index in [1.54, 1.807) is 18.3 Å². The van der Waals surface area contributed by atoms with E-state index in [0.717, 1.165) is 16.9 Å². The van der Waals surface area contributed by atoms with Crippen molar-refractivity contribution in [1.29, 1.82) is 0 Å². The fraction of sp³-hybridized carbons (Fsp3) is 0.148. The Morgan fingerprint density at radius 3 is 2.65 bits per heavy atom. The summed E-state index contributed by atoms with van der Waals surface area (Å²) in [7, 11) is 1.37. The van der Waals surface area contributed by atoms with Crippen molar-refractivity contribution >= 4 is 29.0 Å². The molecule has 0 unspecified atom stereocenters. The first-order valence-electron chi connectivity index (χ1n) is 10.9. The fourth-order valence-electron chi connectivity index (χ4n) is 4.34. The molecule has 34 heavy (non-hydrogen) atoms. The zero-order chi connectivity index (χ0) is 23.7. The van der Waals surface area contributed by atoms with Crippen LogP contribution in [-0.4, -0.2) is 23.2 Å². The van der Waals surface area contributed by atoms with Crippen LogP contribution in [0.5, 0.6) is 0 Å². The minimum Gasteiger partial charge on any atom is -0.465 e. The van der Waals surface area contributed by atoms with Crippen molar-refractivity contribution in [1.82, 2.24) is 10.3 Å². The summed E-state index contributed by atoms with van der Waals surface area (Å²) >= 11 is 5.78. The number of hydrogen-bond acceptors (Lipinski definition) is 5. The first-order chi connectivity index (χ1) is 16.6. The number of nitrogens with zero attached hydrogens (tertiary/aromatic N) is 2. The van der Waals surface area contributed by atoms with E-state index in [2.05, 4.69) is 34.3 Å². The number of furan rings is 1. The molecule has 170 valence electrons. The molecule has 7 heteroatoms. The number of aryl methyl sites for hydroxylation is 1. The number of methoxy groups -OCH3 is 1. The summed E-state index contributed by atoms with van der Waals surface area (Å²) in [5, 5.41) is 4.03. The summed E-state index contributed by atoms with van der Waals surface area (Å²) in [5.41, 5.74) is 4.08. The third kappa shape index (κ3) is 3.95. The first-order valence-corrected chi connectivity index (χ1v) is 11.3. The normalized spacial score (nSPS) is 17.5. The summed E-state index contributed by atoms with van der Waals surface area (Å²) in [6.45, 7) is 2.05. The number of carbonyl (C=O) groups is 1. The molecule has 1 N–H and O–H groups in total. The van der Waals surface area contributed by atoms with Crippen molar-refractivity contribution in [2.24, 2.45) is 0 Å². The van der Waals surface area contributed by atoms with Gasteiger partial charge in [0, 0.05) is 17.4 Å². The second-order valence-electron chi connectivity index (χ2n) is 8.07. The van der Waals surface area contributed by atoms with Crippen LogP contribution in [0, 0.1) is 6.92 Å². The number of ether oxygens (including phenoxy) is 1. The van der Waals surface area contributed by atoms with Gasteiger partial charge in [-0.1, -0.05) is 36.4 Å². The topological polar surface area (TPSA) is 67.6 Å². The number of carbonyl (C=O) groups excluding carboxylic acids is 1. The largest absolute Gasteiger partial charge is 0.465 e. The lowest BCUT2D eigenvalue weighted by Gasteiger charge is -2.26. The summed E-state index contributed by atoms with van der Waals surface area (Å²) < 4.78 is 11.4. The zero-order valence-electron chi connectivity index (χ0n) is 18.8. The molecule has 0 saturated carbocycles. The zero-order valence-corrected chi connectivity index (χ0v) is 19.6. The van der Waals surface area contributed by atoms with Crippen molar-refractivity contribution in [3.05, 3.63) is 108 Å². The Bertz CT molecular complexity index is 1350. The molecule has 0 radical (unpaired) electrons. The van der Waals surface area contributed by atoms with Gasteiger partial charge in [0.2, 0.25) is 0 Å². The maximum atomic E-state index is 12.3. The van der Waals surface area contributed by atoms with Gasteiger partial charge in [0.15, 0.2) is 5.11 Å². The van der Waals surface area contributed by atoms with Crippen LogP contribution < -0.4 is 10.2 Å². The number of hydrogen-bond donors (Lipinski definition) is 1. The molecule has 2 aromatic heterocycles. The number of nitrogens with one attached hydrogen (secondary N) is 1. The van der Waals surface area contributed by atoms with Gasteiger partial charge in [0.05, 0.1) is 24.4 Å². The first kappa shape index (κ1) is 21.9. The third-order valence-corrected chi connectivity index (χ3v) is 6.21. The van der Waals surface area contributed by atoms with Crippen molar-refractivity contribution < 1.29 is 13.9 Å². The molecule has 0 bridgehead atoms. The van der Waals surface area contributed by atoms with E-state index in [4.69, 9.17) is 21.4 Å². The highest BCUT2D eigenvalue weighted by Gasteiger charge is 2.42. The van der Waals surface area contributed by atoms with Crippen molar-refractivity contribution in [2.75, 3.05) is 12.0 Å². The van der Waals surface area contributed by atoms with E-state index in [-0.39, 0.29) is 12.1 Å². The van der Waals surface area contributed by atoms with E-state index in [1.165, 1.54) is 7.11 Å². The van der Waals surface area contributed by atoms with E-state index in [0.29, 0.717) is 27.8 Å². The van der Waals surface area contributed by atoms with Gasteiger partial charge in [0.1, 0.15) is 17.6 Å². The molecule has 0 amide bonds. The van der Waals surface area contributed by atoms with Crippen LogP contribution in [0.4, 0.5) is 5.69 Å². The third-order valence-electron chi connectivity index (χ3n) is 5.89. The number of rotatable bonds is 5. The SMILES string of the molecule is COC(=O)c1ccccc1-c1ccc([C@H]2[C@H](c3ccccn3)NC(=S)N2c2cccc(C)c2)o1. The molecule has 5 rings (SSSR count). The van der Waals surface area contributed by atoms with Gasteiger partial charge in [-0.3, -0.25) is 4.98 Å². The minimum atomic E-state index is -0.412. The van der Waals surface area contributed by atoms with Gasteiger partial charge in [-0.15, -0.1) is 0 Å². The van der Waals surface area contributed by atoms with Gasteiger partial charge in [0.25, 0.3) is 0 Å². The predicted molar refractivity (Wildman–Crippen MR) is 135 cm³/mol. The van der Waals surface area contributed by atoms with Gasteiger partial charge in [-0.25, -0.2) is 4.79 Å². The lowest BCUT2D eigenvalue weighted by molar-refractivity contribution is 0.0601. The van der Waals surface area contributed by atoms with E-state index < -0.39 is 5.97 Å². The van der Waals surface area contributed by atoms with Gasteiger partial charge < -0.3 is 19.4 Å². The summed E-state index contributed by atoms with van der Waals surface area (Å²) in [5.74, 6) is 0.877. The number of anilines is 1. The maximum Gasteiger partial charge on any atom is 0.338 e. The average molecular weight is 470 g/mol. The molecule has 3 heterocycles. The second-order valence-corrected chi connectivity index (χ2v) is 8.46. The van der Waals surface area contributed by atoms with Crippen LogP contribution in [0.2, 0.25) is 0 Å². The molecule has 6 nitrogen and oxygen atoms in total. The van der Waals surface area contributed by atoms with Crippen molar-refractivity contribution in [3.63, 3.8) is 0 Å². The van der Waals surface area contributed by atoms with Gasteiger partial charge >= 0.3 is 5.97 Å².